The fourth-order valence-electron chi connectivity index (χ4n) is 12.4. The number of nitrogens with zero attached hydrogens (tertiary/aromatic N) is 1. The monoisotopic (exact) mass is 1320 g/mol. The molecule has 0 radical (unpaired) electrons. The molecule has 92 heavy (non-hydrogen) atoms. The number of rotatable bonds is 77. The maximum atomic E-state index is 12.9. The molecular formula is C82H158NO8P. The van der Waals surface area contributed by atoms with Crippen molar-refractivity contribution in [3.63, 3.8) is 0 Å². The molecule has 0 aliphatic carbocycles. The number of hydrogen-bond donors (Lipinski definition) is 0. The number of esters is 2. The van der Waals surface area contributed by atoms with E-state index >= 15 is 0 Å². The highest BCUT2D eigenvalue weighted by Crippen LogP contribution is 2.38. The van der Waals surface area contributed by atoms with Crippen LogP contribution in [0.25, 0.3) is 0 Å². The molecule has 0 rings (SSSR count). The predicted octanol–water partition coefficient (Wildman–Crippen LogP) is 26.3. The summed E-state index contributed by atoms with van der Waals surface area (Å²) < 4.78 is 34.4. The minimum atomic E-state index is -4.64. The van der Waals surface area contributed by atoms with Crippen LogP contribution in [-0.2, 0) is 32.7 Å². The molecule has 0 aromatic carbocycles. The van der Waals surface area contributed by atoms with Gasteiger partial charge in [-0.3, -0.25) is 14.2 Å². The van der Waals surface area contributed by atoms with Gasteiger partial charge in [-0.2, -0.15) is 0 Å². The van der Waals surface area contributed by atoms with Gasteiger partial charge in [-0.05, 0) is 70.6 Å². The van der Waals surface area contributed by atoms with Crippen molar-refractivity contribution < 1.29 is 42.1 Å². The lowest BCUT2D eigenvalue weighted by Gasteiger charge is -2.28. The second-order valence-electron chi connectivity index (χ2n) is 29.1. The van der Waals surface area contributed by atoms with Gasteiger partial charge in [0.1, 0.15) is 19.8 Å². The van der Waals surface area contributed by atoms with Crippen molar-refractivity contribution in [2.24, 2.45) is 0 Å². The van der Waals surface area contributed by atoms with Gasteiger partial charge >= 0.3 is 11.9 Å². The summed E-state index contributed by atoms with van der Waals surface area (Å²) in [4.78, 5) is 38.2. The third-order valence-electron chi connectivity index (χ3n) is 18.6. The molecule has 0 fully saturated rings. The normalized spacial score (nSPS) is 13.2. The van der Waals surface area contributed by atoms with E-state index in [0.29, 0.717) is 17.4 Å². The molecule has 0 saturated heterocycles. The lowest BCUT2D eigenvalue weighted by molar-refractivity contribution is -0.870. The smallest absolute Gasteiger partial charge is 0.306 e. The van der Waals surface area contributed by atoms with Crippen LogP contribution in [0.3, 0.4) is 0 Å². The number of allylic oxidation sites excluding steroid dienone is 6. The molecule has 0 heterocycles. The summed E-state index contributed by atoms with van der Waals surface area (Å²) in [6, 6.07) is 0. The van der Waals surface area contributed by atoms with Crippen molar-refractivity contribution in [3.05, 3.63) is 36.5 Å². The molecule has 0 bridgehead atoms. The van der Waals surface area contributed by atoms with Crippen molar-refractivity contribution in [1.29, 1.82) is 0 Å². The topological polar surface area (TPSA) is 111 Å². The second kappa shape index (κ2) is 73.5. The number of hydrogen-bond acceptors (Lipinski definition) is 8. The third kappa shape index (κ3) is 77.2. The number of ether oxygens (including phenoxy) is 2. The van der Waals surface area contributed by atoms with Gasteiger partial charge in [0.25, 0.3) is 7.82 Å². The number of likely N-dealkylation sites (N-methyl/N-ethyl adjacent to an activating group) is 1. The Balaban J connectivity index is 3.88. The molecule has 0 aliphatic heterocycles. The Hall–Kier alpha value is -1.77. The summed E-state index contributed by atoms with van der Waals surface area (Å²) in [6.45, 7) is 4.31. The zero-order valence-corrected chi connectivity index (χ0v) is 63.2. The van der Waals surface area contributed by atoms with Gasteiger partial charge in [-0.25, -0.2) is 0 Å². The van der Waals surface area contributed by atoms with E-state index in [1.807, 2.05) is 21.1 Å². The standard InChI is InChI=1S/C82H158NO8P/c1-6-8-10-12-14-16-18-20-22-24-26-28-30-32-34-36-37-38-39-40-41-42-43-44-45-47-49-51-53-55-57-59-61-63-65-67-69-71-73-75-82(85)91-80(79-90-92(86,87)89-77-76-83(3,4)5)78-88-81(84)74-72-70-68-66-64-62-60-58-56-54-52-50-48-46-35-33-31-29-27-25-23-21-19-17-15-13-11-9-7-2/h18,20,24-27,80H,6-17,19,21-23,28-79H2,1-5H3/b20-18-,26-24-,27-25-. The maximum Gasteiger partial charge on any atom is 0.306 e. The van der Waals surface area contributed by atoms with Crippen LogP contribution >= 0.6 is 7.82 Å². The van der Waals surface area contributed by atoms with Crippen LogP contribution in [0.5, 0.6) is 0 Å². The van der Waals surface area contributed by atoms with Gasteiger partial charge in [0, 0.05) is 12.8 Å². The minimum Gasteiger partial charge on any atom is -0.756 e. The van der Waals surface area contributed by atoms with Gasteiger partial charge in [-0.1, -0.05) is 378 Å². The molecule has 0 aromatic rings. The third-order valence-corrected chi connectivity index (χ3v) is 19.6. The molecule has 9 nitrogen and oxygen atoms in total. The quantitative estimate of drug-likeness (QED) is 0.0195. The summed E-state index contributed by atoms with van der Waals surface area (Å²) in [5.41, 5.74) is 0. The van der Waals surface area contributed by atoms with E-state index in [4.69, 9.17) is 18.5 Å². The summed E-state index contributed by atoms with van der Waals surface area (Å²) in [7, 11) is 1.19. The van der Waals surface area contributed by atoms with E-state index in [-0.39, 0.29) is 32.0 Å². The number of quaternary nitrogens is 1. The molecular weight excluding hydrogens is 1160 g/mol. The molecule has 10 heteroatoms. The van der Waals surface area contributed by atoms with E-state index in [9.17, 15) is 19.0 Å². The SMILES string of the molecule is CCCCCCC/C=C\C/C=C\CCCCCCCCCCCCCCCCCCCCCCCCCCCCCC(=O)OC(COC(=O)CCCCCCCCCCCCCCCCCCC/C=C\CCCCCCCCCC)COP(=O)([O-])OCC[N+](C)(C)C. The fraction of sp³-hybridized carbons (Fsp3) is 0.902. The van der Waals surface area contributed by atoms with Crippen molar-refractivity contribution in [2.45, 2.75) is 431 Å². The first kappa shape index (κ1) is 90.2. The van der Waals surface area contributed by atoms with Gasteiger partial charge in [0.15, 0.2) is 6.10 Å². The molecule has 0 saturated carbocycles. The lowest BCUT2D eigenvalue weighted by Crippen LogP contribution is -2.37. The van der Waals surface area contributed by atoms with Crippen molar-refractivity contribution in [1.82, 2.24) is 0 Å². The lowest BCUT2D eigenvalue weighted by atomic mass is 10.0. The zero-order valence-electron chi connectivity index (χ0n) is 62.3. The van der Waals surface area contributed by atoms with Crippen molar-refractivity contribution >= 4 is 19.8 Å². The Morgan fingerprint density at radius 3 is 0.870 bits per heavy atom. The van der Waals surface area contributed by atoms with E-state index in [1.165, 1.54) is 353 Å². The van der Waals surface area contributed by atoms with Crippen LogP contribution in [-0.4, -0.2) is 70.0 Å². The van der Waals surface area contributed by atoms with E-state index < -0.39 is 26.5 Å². The zero-order chi connectivity index (χ0) is 66.9. The average molecular weight is 1320 g/mol. The Kier molecular flexibility index (Phi) is 72.1. The molecule has 0 aliphatic rings. The number of phosphoric ester groups is 1. The minimum absolute atomic E-state index is 0.0270. The molecule has 2 unspecified atom stereocenters. The average Bonchev–Trinajstić information content (AvgIpc) is 2.14. The first-order valence-corrected chi connectivity index (χ1v) is 42.2. The molecule has 0 aromatic heterocycles. The van der Waals surface area contributed by atoms with Crippen molar-refractivity contribution in [3.8, 4) is 0 Å². The van der Waals surface area contributed by atoms with Crippen LogP contribution in [0, 0.1) is 0 Å². The molecule has 0 spiro atoms. The number of unbranched alkanes of at least 4 members (excludes halogenated alkanes) is 57. The highest BCUT2D eigenvalue weighted by molar-refractivity contribution is 7.45. The van der Waals surface area contributed by atoms with Crippen molar-refractivity contribution in [2.75, 3.05) is 47.5 Å². The van der Waals surface area contributed by atoms with Gasteiger partial charge in [-0.15, -0.1) is 0 Å². The van der Waals surface area contributed by atoms with Crippen LogP contribution in [0.15, 0.2) is 36.5 Å². The number of carbonyl (C=O) groups excluding carboxylic acids is 2. The summed E-state index contributed by atoms with van der Waals surface area (Å²) in [5, 5.41) is 0. The van der Waals surface area contributed by atoms with E-state index in [1.54, 1.807) is 0 Å². The highest BCUT2D eigenvalue weighted by atomic mass is 31.2. The second-order valence-corrected chi connectivity index (χ2v) is 30.5. The fourth-order valence-corrected chi connectivity index (χ4v) is 13.1. The summed E-state index contributed by atoms with van der Waals surface area (Å²) >= 11 is 0. The number of carbonyl (C=O) groups is 2. The van der Waals surface area contributed by atoms with Crippen LogP contribution < -0.4 is 4.89 Å². The summed E-state index contributed by atoms with van der Waals surface area (Å²) in [5.74, 6) is -0.806. The molecule has 0 N–H and O–H groups in total. The van der Waals surface area contributed by atoms with Crippen LogP contribution in [0.4, 0.5) is 0 Å². The van der Waals surface area contributed by atoms with Crippen LogP contribution in [0.1, 0.15) is 425 Å². The number of phosphoric acid groups is 1. The van der Waals surface area contributed by atoms with Gasteiger partial charge in [0.2, 0.25) is 0 Å². The van der Waals surface area contributed by atoms with Gasteiger partial charge < -0.3 is 27.9 Å². The Morgan fingerprint density at radius 2 is 0.587 bits per heavy atom. The Morgan fingerprint density at radius 1 is 0.337 bits per heavy atom. The van der Waals surface area contributed by atoms with Gasteiger partial charge in [0.05, 0.1) is 27.7 Å². The maximum absolute atomic E-state index is 12.9. The summed E-state index contributed by atoms with van der Waals surface area (Å²) in [6.07, 6.45) is 95.7. The molecule has 0 amide bonds. The molecule has 2 atom stereocenters. The Bertz CT molecular complexity index is 1640. The van der Waals surface area contributed by atoms with E-state index in [2.05, 4.69) is 50.3 Å². The molecule has 544 valence electrons. The highest BCUT2D eigenvalue weighted by Gasteiger charge is 2.22. The van der Waals surface area contributed by atoms with Crippen LogP contribution in [0.2, 0.25) is 0 Å². The van der Waals surface area contributed by atoms with E-state index in [0.717, 1.165) is 38.5 Å². The predicted molar refractivity (Wildman–Crippen MR) is 398 cm³/mol. The first-order chi connectivity index (χ1) is 45.0. The Labute approximate surface area is 573 Å². The first-order valence-electron chi connectivity index (χ1n) is 40.7. The largest absolute Gasteiger partial charge is 0.756 e.